The van der Waals surface area contributed by atoms with Crippen LogP contribution in [0.15, 0.2) is 6.20 Å². The van der Waals surface area contributed by atoms with Crippen LogP contribution in [0.2, 0.25) is 0 Å². The van der Waals surface area contributed by atoms with Gasteiger partial charge in [0.1, 0.15) is 13.2 Å². The van der Waals surface area contributed by atoms with Crippen LogP contribution in [0.1, 0.15) is 24.0 Å². The first kappa shape index (κ1) is 14.8. The zero-order valence-corrected chi connectivity index (χ0v) is 10.3. The van der Waals surface area contributed by atoms with Gasteiger partial charge in [-0.3, -0.25) is 0 Å². The van der Waals surface area contributed by atoms with Gasteiger partial charge in [-0.05, 0) is 19.0 Å². The number of hydrogen-bond acceptors (Lipinski definition) is 4. The van der Waals surface area contributed by atoms with Gasteiger partial charge in [0.05, 0.1) is 5.69 Å². The lowest BCUT2D eigenvalue weighted by molar-refractivity contribution is -0.177. The Morgan fingerprint density at radius 1 is 1.39 bits per heavy atom. The van der Waals surface area contributed by atoms with Crippen molar-refractivity contribution in [2.24, 2.45) is 0 Å². The lowest BCUT2D eigenvalue weighted by atomic mass is 10.2. The third-order valence-electron chi connectivity index (χ3n) is 2.17. The Labute approximate surface area is 104 Å². The molecule has 0 aliphatic carbocycles. The molecule has 0 unspecified atom stereocenters. The van der Waals surface area contributed by atoms with Crippen LogP contribution in [0, 0.1) is 6.92 Å². The van der Waals surface area contributed by atoms with Gasteiger partial charge in [-0.2, -0.15) is 13.2 Å². The minimum Gasteiger partial charge on any atom is -0.364 e. The first-order valence-corrected chi connectivity index (χ1v) is 5.59. The topological polar surface area (TPSA) is 47.0 Å². The van der Waals surface area contributed by atoms with Gasteiger partial charge < -0.3 is 10.1 Å². The molecule has 0 radical (unpaired) electrons. The predicted molar refractivity (Wildman–Crippen MR) is 59.9 cm³/mol. The Bertz CT molecular complexity index is 382. The van der Waals surface area contributed by atoms with Crippen molar-refractivity contribution in [1.29, 1.82) is 0 Å². The highest BCUT2D eigenvalue weighted by atomic mass is 19.4. The van der Waals surface area contributed by atoms with Gasteiger partial charge in [-0.15, -0.1) is 0 Å². The summed E-state index contributed by atoms with van der Waals surface area (Å²) in [5.74, 6) is 0.262. The van der Waals surface area contributed by atoms with Crippen LogP contribution < -0.4 is 5.32 Å². The normalized spacial score (nSPS) is 11.8. The Balaban J connectivity index is 2.56. The Morgan fingerprint density at radius 2 is 2.11 bits per heavy atom. The second-order valence-electron chi connectivity index (χ2n) is 3.80. The predicted octanol–water partition coefficient (Wildman–Crippen LogP) is 1.97. The molecule has 1 rings (SSSR count). The van der Waals surface area contributed by atoms with Crippen molar-refractivity contribution >= 4 is 0 Å². The molecule has 0 fully saturated rings. The summed E-state index contributed by atoms with van der Waals surface area (Å²) in [4.78, 5) is 8.10. The van der Waals surface area contributed by atoms with E-state index in [2.05, 4.69) is 20.0 Å². The lowest BCUT2D eigenvalue weighted by Crippen LogP contribution is -2.18. The lowest BCUT2D eigenvalue weighted by Gasteiger charge is -2.09. The summed E-state index contributed by atoms with van der Waals surface area (Å²) in [7, 11) is 0. The van der Waals surface area contributed by atoms with Crippen molar-refractivity contribution in [3.63, 3.8) is 0 Å². The zero-order valence-electron chi connectivity index (χ0n) is 10.3. The molecule has 4 nitrogen and oxygen atoms in total. The van der Waals surface area contributed by atoms with Gasteiger partial charge >= 0.3 is 6.18 Å². The Morgan fingerprint density at radius 3 is 2.72 bits per heavy atom. The molecule has 102 valence electrons. The average molecular weight is 263 g/mol. The van der Waals surface area contributed by atoms with Crippen molar-refractivity contribution in [1.82, 2.24) is 15.3 Å². The van der Waals surface area contributed by atoms with Gasteiger partial charge in [-0.25, -0.2) is 9.97 Å². The van der Waals surface area contributed by atoms with Crippen LogP contribution in [0.5, 0.6) is 0 Å². The summed E-state index contributed by atoms with van der Waals surface area (Å²) in [5, 5.41) is 3.10. The molecular weight excluding hydrogens is 247 g/mol. The molecule has 0 aliphatic heterocycles. The summed E-state index contributed by atoms with van der Waals surface area (Å²) in [6.45, 7) is 3.66. The van der Waals surface area contributed by atoms with Crippen molar-refractivity contribution in [2.75, 3.05) is 13.2 Å². The van der Waals surface area contributed by atoms with Gasteiger partial charge in [0, 0.05) is 12.7 Å². The highest BCUT2D eigenvalue weighted by molar-refractivity contribution is 5.15. The monoisotopic (exact) mass is 263 g/mol. The summed E-state index contributed by atoms with van der Waals surface area (Å²) in [5.41, 5.74) is 1.67. The van der Waals surface area contributed by atoms with E-state index < -0.39 is 12.8 Å². The Hall–Kier alpha value is -1.21. The molecule has 0 bridgehead atoms. The second-order valence-corrected chi connectivity index (χ2v) is 3.80. The number of aryl methyl sites for hydroxylation is 1. The average Bonchev–Trinajstić information content (AvgIpc) is 2.28. The molecule has 1 aromatic rings. The molecule has 0 atom stereocenters. The molecule has 0 aromatic carbocycles. The second kappa shape index (κ2) is 6.65. The van der Waals surface area contributed by atoms with Crippen LogP contribution >= 0.6 is 0 Å². The maximum atomic E-state index is 11.9. The van der Waals surface area contributed by atoms with Crippen molar-refractivity contribution in [2.45, 2.75) is 33.2 Å². The highest BCUT2D eigenvalue weighted by Gasteiger charge is 2.27. The van der Waals surface area contributed by atoms with E-state index in [1.54, 1.807) is 6.20 Å². The van der Waals surface area contributed by atoms with Crippen LogP contribution in [0.3, 0.4) is 0 Å². The SMILES string of the molecule is CCNCc1nc(COCC(F)(F)F)ncc1C. The van der Waals surface area contributed by atoms with E-state index in [0.29, 0.717) is 6.54 Å². The van der Waals surface area contributed by atoms with E-state index in [1.807, 2.05) is 13.8 Å². The number of rotatable bonds is 6. The summed E-state index contributed by atoms with van der Waals surface area (Å²) in [6, 6.07) is 0. The van der Waals surface area contributed by atoms with Crippen LogP contribution in [0.4, 0.5) is 13.2 Å². The van der Waals surface area contributed by atoms with Gasteiger partial charge in [-0.1, -0.05) is 6.92 Å². The number of nitrogens with one attached hydrogen (secondary N) is 1. The minimum absolute atomic E-state index is 0.237. The first-order chi connectivity index (χ1) is 8.42. The summed E-state index contributed by atoms with van der Waals surface area (Å²) >= 11 is 0. The molecule has 1 aromatic heterocycles. The molecule has 0 aliphatic rings. The van der Waals surface area contributed by atoms with E-state index >= 15 is 0 Å². The molecule has 18 heavy (non-hydrogen) atoms. The smallest absolute Gasteiger partial charge is 0.364 e. The fourth-order valence-corrected chi connectivity index (χ4v) is 1.27. The number of halogens is 3. The van der Waals surface area contributed by atoms with E-state index in [-0.39, 0.29) is 12.4 Å². The van der Waals surface area contributed by atoms with Gasteiger partial charge in [0.15, 0.2) is 5.82 Å². The number of nitrogens with zero attached hydrogens (tertiary/aromatic N) is 2. The summed E-state index contributed by atoms with van der Waals surface area (Å²) < 4.78 is 40.2. The maximum absolute atomic E-state index is 11.9. The van der Waals surface area contributed by atoms with E-state index in [0.717, 1.165) is 17.8 Å². The van der Waals surface area contributed by atoms with E-state index in [9.17, 15) is 13.2 Å². The fourth-order valence-electron chi connectivity index (χ4n) is 1.27. The number of aromatic nitrogens is 2. The first-order valence-electron chi connectivity index (χ1n) is 5.59. The maximum Gasteiger partial charge on any atom is 0.411 e. The number of ether oxygens (including phenoxy) is 1. The molecule has 0 spiro atoms. The van der Waals surface area contributed by atoms with Crippen molar-refractivity contribution in [3.8, 4) is 0 Å². The van der Waals surface area contributed by atoms with E-state index in [4.69, 9.17) is 0 Å². The van der Waals surface area contributed by atoms with Gasteiger partial charge in [0.2, 0.25) is 0 Å². The quantitative estimate of drug-likeness (QED) is 0.852. The minimum atomic E-state index is -4.32. The third kappa shape index (κ3) is 5.42. The van der Waals surface area contributed by atoms with Crippen LogP contribution in [-0.2, 0) is 17.9 Å². The standard InChI is InChI=1S/C11H16F3N3O/c1-3-15-5-9-8(2)4-16-10(17-9)6-18-7-11(12,13)14/h4,15H,3,5-7H2,1-2H3. The Kier molecular flexibility index (Phi) is 5.49. The molecule has 0 amide bonds. The highest BCUT2D eigenvalue weighted by Crippen LogP contribution is 2.15. The fraction of sp³-hybridized carbons (Fsp3) is 0.636. The van der Waals surface area contributed by atoms with Crippen LogP contribution in [0.25, 0.3) is 0 Å². The van der Waals surface area contributed by atoms with E-state index in [1.165, 1.54) is 0 Å². The van der Waals surface area contributed by atoms with Crippen LogP contribution in [-0.4, -0.2) is 29.3 Å². The van der Waals surface area contributed by atoms with Crippen molar-refractivity contribution < 1.29 is 17.9 Å². The third-order valence-corrected chi connectivity index (χ3v) is 2.17. The largest absolute Gasteiger partial charge is 0.411 e. The molecule has 1 N–H and O–H groups in total. The van der Waals surface area contributed by atoms with Crippen molar-refractivity contribution in [3.05, 3.63) is 23.3 Å². The zero-order chi connectivity index (χ0) is 13.6. The number of hydrogen-bond donors (Lipinski definition) is 1. The molecule has 1 heterocycles. The molecule has 7 heteroatoms. The van der Waals surface area contributed by atoms with Gasteiger partial charge in [0.25, 0.3) is 0 Å². The molecule has 0 saturated carbocycles. The molecular formula is C11H16F3N3O. The number of alkyl halides is 3. The summed E-state index contributed by atoms with van der Waals surface area (Å²) in [6.07, 6.45) is -2.73. The molecule has 0 saturated heterocycles.